The van der Waals surface area contributed by atoms with Gasteiger partial charge in [-0.3, -0.25) is 0 Å². The summed E-state index contributed by atoms with van der Waals surface area (Å²) in [6, 6.07) is 8.96. The average molecular weight is 326 g/mol. The molecule has 0 spiro atoms. The number of aryl methyl sites for hydroxylation is 1. The number of methoxy groups -OCH3 is 1. The molecule has 1 aliphatic carbocycles. The highest BCUT2D eigenvalue weighted by Crippen LogP contribution is 2.32. The second-order valence-corrected chi connectivity index (χ2v) is 7.48. The van der Waals surface area contributed by atoms with E-state index in [0.717, 1.165) is 13.1 Å². The molecule has 130 valence electrons. The van der Waals surface area contributed by atoms with Crippen LogP contribution in [0, 0.1) is 0 Å². The molecule has 1 atom stereocenters. The molecule has 2 heterocycles. The summed E-state index contributed by atoms with van der Waals surface area (Å²) in [6.45, 7) is 4.54. The summed E-state index contributed by atoms with van der Waals surface area (Å²) in [4.78, 5) is 2.59. The molecule has 3 heteroatoms. The van der Waals surface area contributed by atoms with Gasteiger partial charge in [0.1, 0.15) is 0 Å². The maximum absolute atomic E-state index is 5.90. The lowest BCUT2D eigenvalue weighted by Crippen LogP contribution is -2.39. The number of nitrogens with zero attached hydrogens (tertiary/aromatic N) is 2. The van der Waals surface area contributed by atoms with Crippen LogP contribution < -0.4 is 0 Å². The van der Waals surface area contributed by atoms with Crippen molar-refractivity contribution in [1.29, 1.82) is 0 Å². The molecule has 1 aliphatic heterocycles. The molecule has 1 aromatic carbocycles. The van der Waals surface area contributed by atoms with Gasteiger partial charge in [0.05, 0.1) is 12.6 Å². The fraction of sp³-hybridized carbons (Fsp3) is 0.619. The molecular weight excluding hydrogens is 296 g/mol. The summed E-state index contributed by atoms with van der Waals surface area (Å²) in [5.41, 5.74) is 4.58. The number of fused-ring (bicyclic) bond motifs is 3. The van der Waals surface area contributed by atoms with E-state index in [2.05, 4.69) is 33.7 Å². The molecule has 0 N–H and O–H groups in total. The van der Waals surface area contributed by atoms with Gasteiger partial charge in [-0.1, -0.05) is 24.6 Å². The summed E-state index contributed by atoms with van der Waals surface area (Å²) in [7, 11) is 1.88. The van der Waals surface area contributed by atoms with Crippen LogP contribution in [0.5, 0.6) is 0 Å². The summed E-state index contributed by atoms with van der Waals surface area (Å²) >= 11 is 0. The molecule has 0 radical (unpaired) electrons. The Balaban J connectivity index is 1.60. The van der Waals surface area contributed by atoms with E-state index in [-0.39, 0.29) is 6.10 Å². The van der Waals surface area contributed by atoms with Crippen molar-refractivity contribution in [2.75, 3.05) is 26.7 Å². The number of likely N-dealkylation sites (tertiary alicyclic amines) is 1. The first-order chi connectivity index (χ1) is 11.9. The maximum atomic E-state index is 5.90. The van der Waals surface area contributed by atoms with E-state index < -0.39 is 0 Å². The lowest BCUT2D eigenvalue weighted by atomic mass is 9.95. The fourth-order valence-electron chi connectivity index (χ4n) is 4.64. The van der Waals surface area contributed by atoms with Crippen molar-refractivity contribution in [3.8, 4) is 0 Å². The summed E-state index contributed by atoms with van der Waals surface area (Å²) < 4.78 is 8.48. The van der Waals surface area contributed by atoms with E-state index >= 15 is 0 Å². The first kappa shape index (κ1) is 16.2. The summed E-state index contributed by atoms with van der Waals surface area (Å²) in [6.07, 6.45) is 9.50. The van der Waals surface area contributed by atoms with Crippen LogP contribution >= 0.6 is 0 Å². The van der Waals surface area contributed by atoms with Crippen molar-refractivity contribution in [3.05, 3.63) is 35.5 Å². The SMILES string of the molecule is COC(CN1CCCCC1)Cn1c2c(c3ccccc31)CCCC2. The lowest BCUT2D eigenvalue weighted by molar-refractivity contribution is 0.0464. The topological polar surface area (TPSA) is 17.4 Å². The van der Waals surface area contributed by atoms with E-state index in [0.29, 0.717) is 0 Å². The van der Waals surface area contributed by atoms with Gasteiger partial charge in [-0.25, -0.2) is 0 Å². The number of piperidine rings is 1. The van der Waals surface area contributed by atoms with E-state index in [1.807, 2.05) is 7.11 Å². The van der Waals surface area contributed by atoms with Crippen molar-refractivity contribution < 1.29 is 4.74 Å². The van der Waals surface area contributed by atoms with Crippen LogP contribution in [0.15, 0.2) is 24.3 Å². The zero-order valence-electron chi connectivity index (χ0n) is 15.0. The van der Waals surface area contributed by atoms with Gasteiger partial charge in [-0.05, 0) is 63.2 Å². The predicted molar refractivity (Wildman–Crippen MR) is 99.7 cm³/mol. The van der Waals surface area contributed by atoms with Crippen LogP contribution in [-0.2, 0) is 24.1 Å². The van der Waals surface area contributed by atoms with Gasteiger partial charge in [0.25, 0.3) is 0 Å². The molecule has 1 fully saturated rings. The third-order valence-corrected chi connectivity index (χ3v) is 5.91. The zero-order valence-corrected chi connectivity index (χ0v) is 15.0. The third-order valence-electron chi connectivity index (χ3n) is 5.91. The maximum Gasteiger partial charge on any atom is 0.0876 e. The van der Waals surface area contributed by atoms with Gasteiger partial charge in [-0.15, -0.1) is 0 Å². The van der Waals surface area contributed by atoms with E-state index in [9.17, 15) is 0 Å². The van der Waals surface area contributed by atoms with Crippen LogP contribution in [0.2, 0.25) is 0 Å². The minimum absolute atomic E-state index is 0.282. The number of para-hydroxylation sites is 1. The highest BCUT2D eigenvalue weighted by atomic mass is 16.5. The molecule has 1 unspecified atom stereocenters. The Morgan fingerprint density at radius 1 is 0.958 bits per heavy atom. The molecule has 24 heavy (non-hydrogen) atoms. The van der Waals surface area contributed by atoms with Gasteiger partial charge < -0.3 is 14.2 Å². The average Bonchev–Trinajstić information content (AvgIpc) is 2.96. The number of hydrogen-bond donors (Lipinski definition) is 0. The van der Waals surface area contributed by atoms with Gasteiger partial charge in [0.15, 0.2) is 0 Å². The van der Waals surface area contributed by atoms with Crippen LogP contribution in [-0.4, -0.2) is 42.3 Å². The van der Waals surface area contributed by atoms with E-state index in [1.165, 1.54) is 68.9 Å². The molecule has 0 saturated carbocycles. The van der Waals surface area contributed by atoms with Gasteiger partial charge >= 0.3 is 0 Å². The Morgan fingerprint density at radius 3 is 2.58 bits per heavy atom. The van der Waals surface area contributed by atoms with E-state index in [1.54, 1.807) is 11.3 Å². The highest BCUT2D eigenvalue weighted by Gasteiger charge is 2.23. The predicted octanol–water partition coefficient (Wildman–Crippen LogP) is 4.02. The normalized spacial score (nSPS) is 20.2. The Hall–Kier alpha value is -1.32. The van der Waals surface area contributed by atoms with Crippen molar-refractivity contribution in [2.45, 2.75) is 57.6 Å². The van der Waals surface area contributed by atoms with Crippen LogP contribution in [0.1, 0.15) is 43.4 Å². The second kappa shape index (κ2) is 7.28. The molecule has 1 aromatic heterocycles. The number of ether oxygens (including phenoxy) is 1. The van der Waals surface area contributed by atoms with Gasteiger partial charge in [-0.2, -0.15) is 0 Å². The number of aromatic nitrogens is 1. The fourth-order valence-corrected chi connectivity index (χ4v) is 4.64. The zero-order chi connectivity index (χ0) is 16.4. The van der Waals surface area contributed by atoms with Gasteiger partial charge in [0.2, 0.25) is 0 Å². The Morgan fingerprint density at radius 2 is 1.75 bits per heavy atom. The molecule has 0 amide bonds. The Bertz CT molecular complexity index is 684. The van der Waals surface area contributed by atoms with Gasteiger partial charge in [0, 0.05) is 30.3 Å². The Labute approximate surface area is 145 Å². The van der Waals surface area contributed by atoms with Crippen molar-refractivity contribution in [3.63, 3.8) is 0 Å². The first-order valence-electron chi connectivity index (χ1n) is 9.71. The lowest BCUT2D eigenvalue weighted by Gasteiger charge is -2.30. The largest absolute Gasteiger partial charge is 0.378 e. The van der Waals surface area contributed by atoms with Crippen molar-refractivity contribution >= 4 is 10.9 Å². The molecule has 1 saturated heterocycles. The highest BCUT2D eigenvalue weighted by molar-refractivity contribution is 5.85. The van der Waals surface area contributed by atoms with Crippen molar-refractivity contribution in [2.24, 2.45) is 0 Å². The number of rotatable bonds is 5. The van der Waals surface area contributed by atoms with Crippen LogP contribution in [0.4, 0.5) is 0 Å². The molecule has 2 aliphatic rings. The van der Waals surface area contributed by atoms with Crippen LogP contribution in [0.25, 0.3) is 10.9 Å². The standard InChI is InChI=1S/C21H30N2O/c1-24-17(15-22-13-7-2-8-14-22)16-23-20-11-5-3-9-18(20)19-10-4-6-12-21(19)23/h3,5,9,11,17H,2,4,6-8,10,12-16H2,1H3. The Kier molecular flexibility index (Phi) is 4.91. The third kappa shape index (κ3) is 3.12. The minimum atomic E-state index is 0.282. The summed E-state index contributed by atoms with van der Waals surface area (Å²) in [5.74, 6) is 0. The first-order valence-corrected chi connectivity index (χ1v) is 9.71. The molecule has 0 bridgehead atoms. The smallest absolute Gasteiger partial charge is 0.0876 e. The second-order valence-electron chi connectivity index (χ2n) is 7.48. The molecular formula is C21H30N2O. The number of hydrogen-bond acceptors (Lipinski definition) is 2. The summed E-state index contributed by atoms with van der Waals surface area (Å²) in [5, 5.41) is 1.47. The van der Waals surface area contributed by atoms with Crippen molar-refractivity contribution in [1.82, 2.24) is 9.47 Å². The van der Waals surface area contributed by atoms with E-state index in [4.69, 9.17) is 4.74 Å². The monoisotopic (exact) mass is 326 g/mol. The molecule has 3 nitrogen and oxygen atoms in total. The molecule has 4 rings (SSSR count). The quantitative estimate of drug-likeness (QED) is 0.825. The molecule has 2 aromatic rings. The van der Waals surface area contributed by atoms with Crippen LogP contribution in [0.3, 0.4) is 0 Å². The number of benzene rings is 1. The minimum Gasteiger partial charge on any atom is -0.378 e.